The summed E-state index contributed by atoms with van der Waals surface area (Å²) in [4.78, 5) is 17.4. The molecular weight excluding hydrogens is 314 g/mol. The summed E-state index contributed by atoms with van der Waals surface area (Å²) >= 11 is 1.61. The Labute approximate surface area is 137 Å². The molecule has 120 valence electrons. The first kappa shape index (κ1) is 15.5. The second-order valence-electron chi connectivity index (χ2n) is 5.30. The molecule has 7 heteroatoms. The Morgan fingerprint density at radius 1 is 1.48 bits per heavy atom. The van der Waals surface area contributed by atoms with Gasteiger partial charge in [0.25, 0.3) is 11.6 Å². The first-order valence-corrected chi connectivity index (χ1v) is 8.11. The van der Waals surface area contributed by atoms with Crippen LogP contribution in [-0.4, -0.2) is 22.7 Å². The minimum absolute atomic E-state index is 0.0392. The summed E-state index contributed by atoms with van der Waals surface area (Å²) in [5, 5.41) is 9.49. The number of hydrogen-bond donors (Lipinski definition) is 1. The van der Waals surface area contributed by atoms with E-state index in [0.717, 1.165) is 10.6 Å². The highest BCUT2D eigenvalue weighted by Crippen LogP contribution is 2.28. The number of rotatable bonds is 5. The molecule has 0 fully saturated rings. The Kier molecular flexibility index (Phi) is 4.29. The Hall–Kier alpha value is -2.41. The van der Waals surface area contributed by atoms with E-state index in [1.54, 1.807) is 17.4 Å². The van der Waals surface area contributed by atoms with Crippen molar-refractivity contribution >= 4 is 28.3 Å². The lowest BCUT2D eigenvalue weighted by Gasteiger charge is -2.13. The van der Waals surface area contributed by atoms with Crippen molar-refractivity contribution < 1.29 is 14.1 Å². The van der Waals surface area contributed by atoms with Gasteiger partial charge in [-0.3, -0.25) is 4.79 Å². The highest BCUT2D eigenvalue weighted by Gasteiger charge is 2.15. The zero-order valence-corrected chi connectivity index (χ0v) is 13.9. The van der Waals surface area contributed by atoms with Crippen LogP contribution in [0.25, 0.3) is 11.1 Å². The van der Waals surface area contributed by atoms with E-state index in [4.69, 9.17) is 9.26 Å². The fourth-order valence-electron chi connectivity index (χ4n) is 2.32. The molecule has 3 aromatic rings. The molecule has 1 atom stereocenters. The number of hydrogen-bond acceptors (Lipinski definition) is 6. The van der Waals surface area contributed by atoms with Crippen molar-refractivity contribution in [2.24, 2.45) is 0 Å². The number of carbonyl (C=O) groups excluding carboxylic acids is 1. The van der Waals surface area contributed by atoms with E-state index in [2.05, 4.69) is 15.5 Å². The fraction of sp³-hybridized carbons (Fsp3) is 0.312. The van der Waals surface area contributed by atoms with E-state index >= 15 is 0 Å². The molecule has 0 saturated carbocycles. The minimum atomic E-state index is -0.178. The highest BCUT2D eigenvalue weighted by molar-refractivity contribution is 7.10. The number of pyridine rings is 1. The van der Waals surface area contributed by atoms with Gasteiger partial charge < -0.3 is 14.6 Å². The molecule has 0 radical (unpaired) electrons. The molecule has 3 heterocycles. The molecule has 1 amide bonds. The number of nitrogens with one attached hydrogen (secondary N) is 1. The van der Waals surface area contributed by atoms with Crippen LogP contribution in [0.2, 0.25) is 0 Å². The summed E-state index contributed by atoms with van der Waals surface area (Å²) in [5.41, 5.74) is 1.86. The largest absolute Gasteiger partial charge is 0.483 e. The van der Waals surface area contributed by atoms with Crippen LogP contribution in [0.15, 0.2) is 28.1 Å². The van der Waals surface area contributed by atoms with Crippen LogP contribution in [0.4, 0.5) is 0 Å². The standard InChI is InChI=1S/C16H17N3O3S/c1-9-7-12(15-11(3)19-22-16(15)17-9)21-8-14(20)18-10(2)13-5-4-6-23-13/h4-7,10H,8H2,1-3H3,(H,18,20). The highest BCUT2D eigenvalue weighted by atomic mass is 32.1. The predicted octanol–water partition coefficient (Wildman–Crippen LogP) is 3.16. The number of nitrogens with zero attached hydrogens (tertiary/aromatic N) is 2. The van der Waals surface area contributed by atoms with Gasteiger partial charge in [-0.05, 0) is 32.2 Å². The first-order valence-electron chi connectivity index (χ1n) is 7.24. The van der Waals surface area contributed by atoms with Crippen LogP contribution in [0, 0.1) is 13.8 Å². The number of carbonyl (C=O) groups is 1. The Morgan fingerprint density at radius 3 is 3.04 bits per heavy atom. The van der Waals surface area contributed by atoms with Gasteiger partial charge in [-0.25, -0.2) is 4.98 Å². The van der Waals surface area contributed by atoms with Gasteiger partial charge in [-0.15, -0.1) is 11.3 Å². The quantitative estimate of drug-likeness (QED) is 0.777. The summed E-state index contributed by atoms with van der Waals surface area (Å²) in [5.74, 6) is 0.382. The van der Waals surface area contributed by atoms with E-state index < -0.39 is 0 Å². The van der Waals surface area contributed by atoms with E-state index in [9.17, 15) is 4.79 Å². The number of fused-ring (bicyclic) bond motifs is 1. The maximum atomic E-state index is 12.1. The molecule has 0 saturated heterocycles. The molecule has 0 spiro atoms. The second-order valence-corrected chi connectivity index (χ2v) is 6.28. The maximum absolute atomic E-state index is 12.1. The molecule has 0 aliphatic carbocycles. The third kappa shape index (κ3) is 3.34. The lowest BCUT2D eigenvalue weighted by atomic mass is 10.2. The van der Waals surface area contributed by atoms with Crippen LogP contribution < -0.4 is 10.1 Å². The third-order valence-corrected chi connectivity index (χ3v) is 4.47. The molecular formula is C16H17N3O3S. The van der Waals surface area contributed by atoms with Gasteiger partial charge in [-0.2, -0.15) is 0 Å². The molecule has 1 unspecified atom stereocenters. The number of ether oxygens (including phenoxy) is 1. The van der Waals surface area contributed by atoms with Gasteiger partial charge in [-0.1, -0.05) is 11.2 Å². The molecule has 0 aliphatic heterocycles. The normalized spacial score (nSPS) is 12.3. The molecule has 3 aromatic heterocycles. The van der Waals surface area contributed by atoms with Crippen molar-refractivity contribution in [2.45, 2.75) is 26.8 Å². The monoisotopic (exact) mass is 331 g/mol. The summed E-state index contributed by atoms with van der Waals surface area (Å²) in [6.07, 6.45) is 0. The molecule has 1 N–H and O–H groups in total. The maximum Gasteiger partial charge on any atom is 0.261 e. The van der Waals surface area contributed by atoms with E-state index in [0.29, 0.717) is 22.5 Å². The molecule has 3 rings (SSSR count). The Balaban J connectivity index is 1.68. The molecule has 0 aliphatic rings. The second kappa shape index (κ2) is 6.37. The first-order chi connectivity index (χ1) is 11.0. The zero-order valence-electron chi connectivity index (χ0n) is 13.1. The van der Waals surface area contributed by atoms with Crippen molar-refractivity contribution in [1.29, 1.82) is 0 Å². The van der Waals surface area contributed by atoms with Gasteiger partial charge in [0.1, 0.15) is 11.1 Å². The van der Waals surface area contributed by atoms with Crippen molar-refractivity contribution in [3.8, 4) is 5.75 Å². The van der Waals surface area contributed by atoms with Crippen LogP contribution in [0.1, 0.15) is 29.2 Å². The van der Waals surface area contributed by atoms with Gasteiger partial charge in [0.2, 0.25) is 0 Å². The minimum Gasteiger partial charge on any atom is -0.483 e. The number of thiophene rings is 1. The van der Waals surface area contributed by atoms with Crippen LogP contribution >= 0.6 is 11.3 Å². The Bertz CT molecular complexity index is 827. The fourth-order valence-corrected chi connectivity index (χ4v) is 3.06. The van der Waals surface area contributed by atoms with Gasteiger partial charge in [0.15, 0.2) is 6.61 Å². The van der Waals surface area contributed by atoms with Crippen molar-refractivity contribution in [3.63, 3.8) is 0 Å². The topological polar surface area (TPSA) is 77.2 Å². The van der Waals surface area contributed by atoms with Crippen LogP contribution in [0.3, 0.4) is 0 Å². The summed E-state index contributed by atoms with van der Waals surface area (Å²) < 4.78 is 10.8. The Morgan fingerprint density at radius 2 is 2.30 bits per heavy atom. The summed E-state index contributed by atoms with van der Waals surface area (Å²) in [6, 6.07) is 5.70. The van der Waals surface area contributed by atoms with Crippen molar-refractivity contribution in [1.82, 2.24) is 15.5 Å². The lowest BCUT2D eigenvalue weighted by molar-refractivity contribution is -0.123. The zero-order chi connectivity index (χ0) is 16.4. The predicted molar refractivity (Wildman–Crippen MR) is 87.6 cm³/mol. The lowest BCUT2D eigenvalue weighted by Crippen LogP contribution is -2.30. The number of aromatic nitrogens is 2. The van der Waals surface area contributed by atoms with Gasteiger partial charge in [0.05, 0.1) is 11.7 Å². The van der Waals surface area contributed by atoms with Gasteiger partial charge >= 0.3 is 0 Å². The number of aryl methyl sites for hydroxylation is 2. The molecule has 23 heavy (non-hydrogen) atoms. The molecule has 6 nitrogen and oxygen atoms in total. The van der Waals surface area contributed by atoms with Crippen molar-refractivity contribution in [3.05, 3.63) is 39.8 Å². The average molecular weight is 331 g/mol. The van der Waals surface area contributed by atoms with Crippen LogP contribution in [0.5, 0.6) is 5.75 Å². The summed E-state index contributed by atoms with van der Waals surface area (Å²) in [6.45, 7) is 5.53. The SMILES string of the molecule is Cc1cc(OCC(=O)NC(C)c2cccs2)c2c(C)noc2n1. The van der Waals surface area contributed by atoms with Gasteiger partial charge in [0, 0.05) is 16.6 Å². The van der Waals surface area contributed by atoms with Crippen LogP contribution in [-0.2, 0) is 4.79 Å². The van der Waals surface area contributed by atoms with Crippen molar-refractivity contribution in [2.75, 3.05) is 6.61 Å². The summed E-state index contributed by atoms with van der Waals surface area (Å²) in [7, 11) is 0. The van der Waals surface area contributed by atoms with E-state index in [-0.39, 0.29) is 18.6 Å². The third-order valence-electron chi connectivity index (χ3n) is 3.42. The van der Waals surface area contributed by atoms with E-state index in [1.165, 1.54) is 0 Å². The van der Waals surface area contributed by atoms with E-state index in [1.807, 2.05) is 38.3 Å². The number of amides is 1. The average Bonchev–Trinajstić information content (AvgIpc) is 3.15. The molecule has 0 aromatic carbocycles. The molecule has 0 bridgehead atoms. The smallest absolute Gasteiger partial charge is 0.261 e.